The molecule has 1 aromatic rings. The van der Waals surface area contributed by atoms with Gasteiger partial charge in [-0.2, -0.15) is 0 Å². The molecule has 9 atom stereocenters. The molecule has 1 unspecified atom stereocenters. The Morgan fingerprint density at radius 2 is 1.66 bits per heavy atom. The second-order valence-corrected chi connectivity index (χ2v) is 15.4. The number of carbonyl (C=O) groups excluding carboxylic acids is 4. The van der Waals surface area contributed by atoms with E-state index >= 15 is 0 Å². The normalized spacial score (nSPS) is 20.6. The van der Waals surface area contributed by atoms with Gasteiger partial charge in [-0.05, 0) is 49.1 Å². The highest BCUT2D eigenvalue weighted by Gasteiger charge is 2.45. The second-order valence-electron chi connectivity index (χ2n) is 14.4. The standard InChI is InChI=1S/C37H65N5O7S/c1-13-24(6)33(41(9)37(46)32(23(4)5)40-36(45)31(38-8)22(2)3)29(48-11)20-30(43)42-21-26(47-10)19-28(42)34(49-12)25(7)35(44)39-17-16-27-15-14-18-50-27/h14-15,18,22-26,28-29,31-34,38H,13,16-17,19-21H2,1-12H3,(H,39,44)(H,40,45)/t24?,25-,26-,28+,29-,31+,32+,33+,34-/m1/s1. The summed E-state index contributed by atoms with van der Waals surface area (Å²) in [6.07, 6.45) is 0.636. The average Bonchev–Trinajstić information content (AvgIpc) is 3.77. The summed E-state index contributed by atoms with van der Waals surface area (Å²) in [7, 11) is 8.23. The summed E-state index contributed by atoms with van der Waals surface area (Å²) in [6, 6.07) is 2.00. The van der Waals surface area contributed by atoms with Crippen LogP contribution in [0.3, 0.4) is 0 Å². The van der Waals surface area contributed by atoms with Gasteiger partial charge in [0.2, 0.25) is 23.6 Å². The van der Waals surface area contributed by atoms with E-state index < -0.39 is 42.3 Å². The molecule has 12 nitrogen and oxygen atoms in total. The van der Waals surface area contributed by atoms with Crippen molar-refractivity contribution in [1.82, 2.24) is 25.8 Å². The molecule has 13 heteroatoms. The topological polar surface area (TPSA) is 139 Å². The number of likely N-dealkylation sites (N-methyl/N-ethyl adjacent to an activating group) is 2. The number of carbonyl (C=O) groups is 4. The van der Waals surface area contributed by atoms with Crippen LogP contribution in [0.4, 0.5) is 0 Å². The molecule has 4 amide bonds. The molecular formula is C37H65N5O7S. The van der Waals surface area contributed by atoms with E-state index in [0.717, 1.165) is 12.8 Å². The lowest BCUT2D eigenvalue weighted by Gasteiger charge is -2.41. The highest BCUT2D eigenvalue weighted by Crippen LogP contribution is 2.31. The number of nitrogens with one attached hydrogen (secondary N) is 3. The first-order valence-electron chi connectivity index (χ1n) is 18.1. The minimum Gasteiger partial charge on any atom is -0.380 e. The number of hydrogen-bond donors (Lipinski definition) is 3. The summed E-state index contributed by atoms with van der Waals surface area (Å²) >= 11 is 1.66. The smallest absolute Gasteiger partial charge is 0.245 e. The molecule has 0 aliphatic carbocycles. The number of nitrogens with zero attached hydrogens (tertiary/aromatic N) is 2. The zero-order valence-corrected chi connectivity index (χ0v) is 33.3. The van der Waals surface area contributed by atoms with E-state index in [4.69, 9.17) is 14.2 Å². The summed E-state index contributed by atoms with van der Waals surface area (Å²) in [4.78, 5) is 59.4. The molecule has 0 spiro atoms. The van der Waals surface area contributed by atoms with Crippen molar-refractivity contribution in [1.29, 1.82) is 0 Å². The SMILES string of the molecule is CCC(C)[C@@H]([C@@H](CC(=O)N1C[C@H](OC)C[C@H]1[C@H](OC)[C@@H](C)C(=O)NCCc1cccs1)OC)N(C)C(=O)[C@@H](NC(=O)[C@@H](NC)C(C)C)C(C)C. The molecule has 1 fully saturated rings. The first kappa shape index (κ1) is 43.6. The maximum absolute atomic E-state index is 14.2. The van der Waals surface area contributed by atoms with Crippen LogP contribution in [0.2, 0.25) is 0 Å². The predicted molar refractivity (Wildman–Crippen MR) is 198 cm³/mol. The van der Waals surface area contributed by atoms with Crippen LogP contribution in [0.25, 0.3) is 0 Å². The summed E-state index contributed by atoms with van der Waals surface area (Å²) < 4.78 is 17.7. The van der Waals surface area contributed by atoms with Crippen molar-refractivity contribution < 1.29 is 33.4 Å². The number of rotatable bonds is 21. The van der Waals surface area contributed by atoms with E-state index in [-0.39, 0.29) is 53.9 Å². The molecule has 2 heterocycles. The third-order valence-electron chi connectivity index (χ3n) is 10.3. The lowest BCUT2D eigenvalue weighted by Crippen LogP contribution is -2.59. The van der Waals surface area contributed by atoms with E-state index in [1.54, 1.807) is 56.6 Å². The van der Waals surface area contributed by atoms with Crippen molar-refractivity contribution in [2.24, 2.45) is 23.7 Å². The number of amides is 4. The molecule has 286 valence electrons. The molecule has 1 aliphatic heterocycles. The Bertz CT molecular complexity index is 1200. The Morgan fingerprint density at radius 3 is 2.16 bits per heavy atom. The first-order chi connectivity index (χ1) is 23.7. The van der Waals surface area contributed by atoms with Crippen LogP contribution >= 0.6 is 11.3 Å². The fourth-order valence-corrected chi connectivity index (χ4v) is 7.83. The third kappa shape index (κ3) is 11.5. The van der Waals surface area contributed by atoms with Crippen LogP contribution < -0.4 is 16.0 Å². The summed E-state index contributed by atoms with van der Waals surface area (Å²) in [5, 5.41) is 11.1. The third-order valence-corrected chi connectivity index (χ3v) is 11.3. The Morgan fingerprint density at radius 1 is 1.00 bits per heavy atom. The van der Waals surface area contributed by atoms with Crippen LogP contribution in [0.5, 0.6) is 0 Å². The Kier molecular flexibility index (Phi) is 18.4. The van der Waals surface area contributed by atoms with Gasteiger partial charge in [-0.3, -0.25) is 19.2 Å². The van der Waals surface area contributed by atoms with Gasteiger partial charge in [-0.25, -0.2) is 0 Å². The van der Waals surface area contributed by atoms with E-state index in [0.29, 0.717) is 19.5 Å². The monoisotopic (exact) mass is 723 g/mol. The lowest BCUT2D eigenvalue weighted by atomic mass is 9.89. The summed E-state index contributed by atoms with van der Waals surface area (Å²) in [5.41, 5.74) is 0. The molecule has 0 aromatic carbocycles. The van der Waals surface area contributed by atoms with Gasteiger partial charge in [0.15, 0.2) is 0 Å². The van der Waals surface area contributed by atoms with Crippen LogP contribution in [-0.2, 0) is 39.8 Å². The number of likely N-dealkylation sites (tertiary alicyclic amines) is 1. The highest BCUT2D eigenvalue weighted by atomic mass is 32.1. The average molecular weight is 724 g/mol. The van der Waals surface area contributed by atoms with Crippen LogP contribution in [0.15, 0.2) is 17.5 Å². The molecule has 1 saturated heterocycles. The molecule has 1 aliphatic rings. The molecular weight excluding hydrogens is 659 g/mol. The molecule has 50 heavy (non-hydrogen) atoms. The van der Waals surface area contributed by atoms with Gasteiger partial charge >= 0.3 is 0 Å². The first-order valence-corrected chi connectivity index (χ1v) is 19.0. The largest absolute Gasteiger partial charge is 0.380 e. The zero-order valence-electron chi connectivity index (χ0n) is 32.5. The molecule has 3 N–H and O–H groups in total. The fourth-order valence-electron chi connectivity index (χ4n) is 7.13. The minimum atomic E-state index is -0.757. The van der Waals surface area contributed by atoms with E-state index in [2.05, 4.69) is 16.0 Å². The molecule has 0 radical (unpaired) electrons. The number of ether oxygens (including phenoxy) is 3. The quantitative estimate of drug-likeness (QED) is 0.176. The van der Waals surface area contributed by atoms with Gasteiger partial charge in [0, 0.05) is 46.3 Å². The Labute approximate surface area is 304 Å². The maximum Gasteiger partial charge on any atom is 0.245 e. The second kappa shape index (κ2) is 21.1. The van der Waals surface area contributed by atoms with E-state index in [1.807, 2.05) is 66.0 Å². The number of methoxy groups -OCH3 is 3. The predicted octanol–water partition coefficient (Wildman–Crippen LogP) is 3.34. The minimum absolute atomic E-state index is 0.0156. The van der Waals surface area contributed by atoms with Gasteiger partial charge < -0.3 is 40.0 Å². The maximum atomic E-state index is 14.2. The lowest BCUT2D eigenvalue weighted by molar-refractivity contribution is -0.147. The van der Waals surface area contributed by atoms with Gasteiger partial charge in [-0.15, -0.1) is 11.3 Å². The van der Waals surface area contributed by atoms with Crippen molar-refractivity contribution in [3.8, 4) is 0 Å². The van der Waals surface area contributed by atoms with Crippen LogP contribution in [0.1, 0.15) is 72.6 Å². The van der Waals surface area contributed by atoms with E-state index in [1.165, 1.54) is 4.88 Å². The van der Waals surface area contributed by atoms with E-state index in [9.17, 15) is 19.2 Å². The van der Waals surface area contributed by atoms with Crippen LogP contribution in [-0.4, -0.2) is 124 Å². The van der Waals surface area contributed by atoms with Crippen molar-refractivity contribution in [2.45, 2.75) is 117 Å². The zero-order chi connectivity index (χ0) is 37.7. The van der Waals surface area contributed by atoms with Crippen molar-refractivity contribution in [3.63, 3.8) is 0 Å². The summed E-state index contributed by atoms with van der Waals surface area (Å²) in [5.74, 6) is -1.42. The Balaban J connectivity index is 2.28. The van der Waals surface area contributed by atoms with Crippen LogP contribution in [0, 0.1) is 23.7 Å². The molecule has 0 bridgehead atoms. The van der Waals surface area contributed by atoms with Crippen molar-refractivity contribution in [2.75, 3.05) is 48.5 Å². The molecule has 2 rings (SSSR count). The number of thiophene rings is 1. The molecule has 1 aromatic heterocycles. The van der Waals surface area contributed by atoms with Crippen molar-refractivity contribution in [3.05, 3.63) is 22.4 Å². The number of hydrogen-bond acceptors (Lipinski definition) is 9. The highest BCUT2D eigenvalue weighted by molar-refractivity contribution is 7.09. The van der Waals surface area contributed by atoms with Gasteiger partial charge in [0.05, 0.1) is 48.8 Å². The van der Waals surface area contributed by atoms with Gasteiger partial charge in [0.1, 0.15) is 6.04 Å². The van der Waals surface area contributed by atoms with Crippen molar-refractivity contribution >= 4 is 35.0 Å². The molecule has 0 saturated carbocycles. The van der Waals surface area contributed by atoms with Gasteiger partial charge in [0.25, 0.3) is 0 Å². The Hall–Kier alpha value is -2.58. The fraction of sp³-hybridized carbons (Fsp3) is 0.784. The van der Waals surface area contributed by atoms with Gasteiger partial charge in [-0.1, -0.05) is 61.0 Å². The summed E-state index contributed by atoms with van der Waals surface area (Å²) in [6.45, 7) is 14.5.